The maximum Gasteiger partial charge on any atom is 0.178 e. The molecule has 0 saturated carbocycles. The number of rotatable bonds is 2. The molecule has 1 fully saturated rings. The molecule has 0 aliphatic carbocycles. The van der Waals surface area contributed by atoms with Gasteiger partial charge in [-0.2, -0.15) is 0 Å². The van der Waals surface area contributed by atoms with Gasteiger partial charge in [0, 0.05) is 18.4 Å². The fourth-order valence-corrected chi connectivity index (χ4v) is 2.12. The predicted octanol–water partition coefficient (Wildman–Crippen LogP) is 1.96. The van der Waals surface area contributed by atoms with Crippen LogP contribution in [0.15, 0.2) is 36.7 Å². The lowest BCUT2D eigenvalue weighted by Gasteiger charge is -2.09. The minimum absolute atomic E-state index is 0.375. The number of pyridine rings is 1. The summed E-state index contributed by atoms with van der Waals surface area (Å²) in [4.78, 5) is 13.1. The Morgan fingerprint density at radius 3 is 2.88 bits per heavy atom. The summed E-state index contributed by atoms with van der Waals surface area (Å²) in [7, 11) is 0. The Morgan fingerprint density at radius 2 is 2.12 bits per heavy atom. The van der Waals surface area contributed by atoms with Gasteiger partial charge < -0.3 is 5.32 Å². The first-order valence-corrected chi connectivity index (χ1v) is 5.91. The highest BCUT2D eigenvalue weighted by Gasteiger charge is 2.18. The van der Waals surface area contributed by atoms with Gasteiger partial charge in [0.1, 0.15) is 5.69 Å². The molecule has 0 radical (unpaired) electrons. The molecule has 1 aliphatic heterocycles. The maximum absolute atomic E-state index is 4.59. The summed E-state index contributed by atoms with van der Waals surface area (Å²) in [6.07, 6.45) is 5.94. The van der Waals surface area contributed by atoms with E-state index in [4.69, 9.17) is 0 Å². The molecular weight excluding hydrogens is 212 g/mol. The molecule has 17 heavy (non-hydrogen) atoms. The van der Waals surface area contributed by atoms with Crippen molar-refractivity contribution in [3.8, 4) is 11.5 Å². The van der Waals surface area contributed by atoms with Crippen LogP contribution in [0.25, 0.3) is 11.5 Å². The van der Waals surface area contributed by atoms with Crippen LogP contribution >= 0.6 is 0 Å². The Balaban J connectivity index is 1.94. The molecule has 0 amide bonds. The SMILES string of the molecule is c1ccc(-c2nccc(C3CCCN3)n2)nc1. The second kappa shape index (κ2) is 4.59. The molecule has 4 heteroatoms. The Morgan fingerprint density at radius 1 is 1.12 bits per heavy atom. The number of aromatic nitrogens is 3. The van der Waals surface area contributed by atoms with E-state index in [0.29, 0.717) is 11.9 Å². The molecule has 1 atom stereocenters. The third-order valence-electron chi connectivity index (χ3n) is 2.99. The molecule has 2 aromatic rings. The zero-order valence-electron chi connectivity index (χ0n) is 9.50. The molecule has 3 heterocycles. The first-order chi connectivity index (χ1) is 8.43. The third-order valence-corrected chi connectivity index (χ3v) is 2.99. The van der Waals surface area contributed by atoms with E-state index in [9.17, 15) is 0 Å². The topological polar surface area (TPSA) is 50.7 Å². The lowest BCUT2D eigenvalue weighted by atomic mass is 10.1. The van der Waals surface area contributed by atoms with E-state index in [1.165, 1.54) is 6.42 Å². The van der Waals surface area contributed by atoms with Crippen molar-refractivity contribution in [1.82, 2.24) is 20.3 Å². The zero-order chi connectivity index (χ0) is 11.5. The van der Waals surface area contributed by atoms with E-state index in [0.717, 1.165) is 24.4 Å². The van der Waals surface area contributed by atoms with Crippen molar-refractivity contribution in [3.63, 3.8) is 0 Å². The van der Waals surface area contributed by atoms with Crippen LogP contribution in [0.2, 0.25) is 0 Å². The Hall–Kier alpha value is -1.81. The molecule has 86 valence electrons. The highest BCUT2D eigenvalue weighted by atomic mass is 15.0. The van der Waals surface area contributed by atoms with Crippen molar-refractivity contribution in [2.45, 2.75) is 18.9 Å². The average molecular weight is 226 g/mol. The number of nitrogens with zero attached hydrogens (tertiary/aromatic N) is 3. The maximum atomic E-state index is 4.59. The van der Waals surface area contributed by atoms with Crippen molar-refractivity contribution in [2.24, 2.45) is 0 Å². The van der Waals surface area contributed by atoms with Crippen molar-refractivity contribution in [2.75, 3.05) is 6.54 Å². The molecule has 1 unspecified atom stereocenters. The van der Waals surface area contributed by atoms with Gasteiger partial charge in [-0.3, -0.25) is 4.98 Å². The Labute approximate surface area is 100 Å². The molecule has 4 nitrogen and oxygen atoms in total. The van der Waals surface area contributed by atoms with E-state index >= 15 is 0 Å². The summed E-state index contributed by atoms with van der Waals surface area (Å²) in [5.74, 6) is 0.705. The van der Waals surface area contributed by atoms with Gasteiger partial charge in [-0.15, -0.1) is 0 Å². The van der Waals surface area contributed by atoms with Crippen LogP contribution in [0.1, 0.15) is 24.6 Å². The van der Waals surface area contributed by atoms with Gasteiger partial charge >= 0.3 is 0 Å². The lowest BCUT2D eigenvalue weighted by molar-refractivity contribution is 0.626. The largest absolute Gasteiger partial charge is 0.309 e. The van der Waals surface area contributed by atoms with Crippen molar-refractivity contribution < 1.29 is 0 Å². The van der Waals surface area contributed by atoms with E-state index in [-0.39, 0.29) is 0 Å². The highest BCUT2D eigenvalue weighted by Crippen LogP contribution is 2.22. The molecular formula is C13H14N4. The lowest BCUT2D eigenvalue weighted by Crippen LogP contribution is -2.14. The summed E-state index contributed by atoms with van der Waals surface area (Å²) in [6.45, 7) is 1.08. The van der Waals surface area contributed by atoms with Gasteiger partial charge in [0.25, 0.3) is 0 Å². The standard InChI is InChI=1S/C13H14N4/c1-2-7-15-12(4-1)13-16-9-6-11(17-13)10-5-3-8-14-10/h1-2,4,6-7,9-10,14H,3,5,8H2. The number of nitrogens with one attached hydrogen (secondary N) is 1. The fraction of sp³-hybridized carbons (Fsp3) is 0.308. The average Bonchev–Trinajstić information content (AvgIpc) is 2.94. The molecule has 1 saturated heterocycles. The molecule has 0 bridgehead atoms. The van der Waals surface area contributed by atoms with Crippen LogP contribution in [0.3, 0.4) is 0 Å². The fourth-order valence-electron chi connectivity index (χ4n) is 2.12. The summed E-state index contributed by atoms with van der Waals surface area (Å²) in [6, 6.07) is 8.13. The van der Waals surface area contributed by atoms with Gasteiger partial charge in [-0.1, -0.05) is 6.07 Å². The first-order valence-electron chi connectivity index (χ1n) is 5.91. The Kier molecular flexibility index (Phi) is 2.80. The molecule has 1 N–H and O–H groups in total. The summed E-state index contributed by atoms with van der Waals surface area (Å²) in [5.41, 5.74) is 1.89. The van der Waals surface area contributed by atoms with Crippen LogP contribution < -0.4 is 5.32 Å². The number of hydrogen-bond acceptors (Lipinski definition) is 4. The molecule has 0 aromatic carbocycles. The van der Waals surface area contributed by atoms with E-state index in [1.54, 1.807) is 6.20 Å². The summed E-state index contributed by atoms with van der Waals surface area (Å²) < 4.78 is 0. The van der Waals surface area contributed by atoms with Crippen LogP contribution in [-0.4, -0.2) is 21.5 Å². The van der Waals surface area contributed by atoms with Gasteiger partial charge in [-0.25, -0.2) is 9.97 Å². The van der Waals surface area contributed by atoms with E-state index in [2.05, 4.69) is 20.3 Å². The van der Waals surface area contributed by atoms with E-state index < -0.39 is 0 Å². The monoisotopic (exact) mass is 226 g/mol. The van der Waals surface area contributed by atoms with Crippen molar-refractivity contribution in [1.29, 1.82) is 0 Å². The predicted molar refractivity (Wildman–Crippen MR) is 65.2 cm³/mol. The highest BCUT2D eigenvalue weighted by molar-refractivity contribution is 5.48. The second-order valence-corrected chi connectivity index (χ2v) is 4.17. The molecule has 0 spiro atoms. The third kappa shape index (κ3) is 2.17. The number of hydrogen-bond donors (Lipinski definition) is 1. The van der Waals surface area contributed by atoms with Crippen LogP contribution in [0, 0.1) is 0 Å². The van der Waals surface area contributed by atoms with Crippen LogP contribution in [0.4, 0.5) is 0 Å². The van der Waals surface area contributed by atoms with Gasteiger partial charge in [-0.05, 0) is 37.6 Å². The normalized spacial score (nSPS) is 19.4. The Bertz CT molecular complexity index is 492. The molecule has 2 aromatic heterocycles. The first kappa shape index (κ1) is 10.4. The molecule has 1 aliphatic rings. The molecule has 3 rings (SSSR count). The quantitative estimate of drug-likeness (QED) is 0.850. The summed E-state index contributed by atoms with van der Waals surface area (Å²) in [5, 5.41) is 3.44. The van der Waals surface area contributed by atoms with Gasteiger partial charge in [0.15, 0.2) is 5.82 Å². The van der Waals surface area contributed by atoms with Crippen LogP contribution in [-0.2, 0) is 0 Å². The van der Waals surface area contributed by atoms with Gasteiger partial charge in [0.05, 0.1) is 5.69 Å². The van der Waals surface area contributed by atoms with E-state index in [1.807, 2.05) is 30.5 Å². The van der Waals surface area contributed by atoms with Crippen LogP contribution in [0.5, 0.6) is 0 Å². The van der Waals surface area contributed by atoms with Gasteiger partial charge in [0.2, 0.25) is 0 Å². The second-order valence-electron chi connectivity index (χ2n) is 4.17. The summed E-state index contributed by atoms with van der Waals surface area (Å²) >= 11 is 0. The minimum Gasteiger partial charge on any atom is -0.309 e. The minimum atomic E-state index is 0.375. The zero-order valence-corrected chi connectivity index (χ0v) is 9.50. The van der Waals surface area contributed by atoms with Crippen molar-refractivity contribution >= 4 is 0 Å². The smallest absolute Gasteiger partial charge is 0.178 e. The van der Waals surface area contributed by atoms with Crippen molar-refractivity contribution in [3.05, 3.63) is 42.4 Å².